The smallest absolute Gasteiger partial charge is 0.195 e. The van der Waals surface area contributed by atoms with Gasteiger partial charge in [0.05, 0.1) is 0 Å². The van der Waals surface area contributed by atoms with Crippen LogP contribution in [-0.2, 0) is 0 Å². The van der Waals surface area contributed by atoms with E-state index in [0.717, 1.165) is 42.2 Å². The van der Waals surface area contributed by atoms with Gasteiger partial charge in [-0.25, -0.2) is 13.2 Å². The van der Waals surface area contributed by atoms with Gasteiger partial charge in [0.25, 0.3) is 0 Å². The molecule has 0 nitrogen and oxygen atoms in total. The number of rotatable bonds is 7. The van der Waals surface area contributed by atoms with Crippen molar-refractivity contribution in [2.75, 3.05) is 0 Å². The molecule has 0 N–H and O–H groups in total. The third kappa shape index (κ3) is 5.46. The summed E-state index contributed by atoms with van der Waals surface area (Å²) < 4.78 is 41.1. The highest BCUT2D eigenvalue weighted by Crippen LogP contribution is 2.41. The molecule has 0 radical (unpaired) electrons. The fraction of sp³-hybridized carbons (Fsp3) is 0.643. The maximum absolute atomic E-state index is 14.0. The van der Waals surface area contributed by atoms with E-state index in [2.05, 4.69) is 6.92 Å². The summed E-state index contributed by atoms with van der Waals surface area (Å²) in [5.41, 5.74) is 1.14. The lowest BCUT2D eigenvalue weighted by molar-refractivity contribution is 0.223. The second-order valence-electron chi connectivity index (χ2n) is 10.3. The third-order valence-corrected chi connectivity index (χ3v) is 8.23. The molecule has 0 aromatic heterocycles. The zero-order valence-corrected chi connectivity index (χ0v) is 18.9. The van der Waals surface area contributed by atoms with Crippen molar-refractivity contribution in [2.45, 2.75) is 96.3 Å². The molecule has 0 unspecified atom stereocenters. The van der Waals surface area contributed by atoms with Gasteiger partial charge in [-0.2, -0.15) is 0 Å². The molecule has 0 aliphatic heterocycles. The van der Waals surface area contributed by atoms with Crippen molar-refractivity contribution in [3.8, 4) is 0 Å². The molecule has 0 atom stereocenters. The minimum atomic E-state index is -1.38. The van der Waals surface area contributed by atoms with E-state index in [9.17, 15) is 13.2 Å². The zero-order valence-electron chi connectivity index (χ0n) is 18.9. The first-order valence-corrected chi connectivity index (χ1v) is 12.6. The van der Waals surface area contributed by atoms with E-state index in [4.69, 9.17) is 0 Å². The number of benzene rings is 2. The molecule has 4 rings (SSSR count). The second kappa shape index (κ2) is 10.4. The van der Waals surface area contributed by atoms with Gasteiger partial charge in [0.1, 0.15) is 0 Å². The maximum Gasteiger partial charge on any atom is 0.195 e. The van der Waals surface area contributed by atoms with Crippen LogP contribution in [0.1, 0.15) is 102 Å². The molecule has 2 aliphatic rings. The Morgan fingerprint density at radius 2 is 1.29 bits per heavy atom. The third-order valence-electron chi connectivity index (χ3n) is 8.23. The summed E-state index contributed by atoms with van der Waals surface area (Å²) in [6, 6.07) is 6.51. The molecule has 0 amide bonds. The lowest BCUT2D eigenvalue weighted by Crippen LogP contribution is -2.17. The highest BCUT2D eigenvalue weighted by Gasteiger charge is 2.26. The number of hydrogen-bond donors (Lipinski definition) is 0. The van der Waals surface area contributed by atoms with E-state index in [-0.39, 0.29) is 5.39 Å². The van der Waals surface area contributed by atoms with Gasteiger partial charge < -0.3 is 0 Å². The number of unbranched alkanes of at least 4 members (excludes halogenated alkanes) is 1. The fourth-order valence-electron chi connectivity index (χ4n) is 6.13. The van der Waals surface area contributed by atoms with Crippen LogP contribution in [-0.4, -0.2) is 0 Å². The highest BCUT2D eigenvalue weighted by molar-refractivity contribution is 5.84. The summed E-state index contributed by atoms with van der Waals surface area (Å²) in [6.07, 6.45) is 17.5. The average molecular weight is 431 g/mol. The summed E-state index contributed by atoms with van der Waals surface area (Å²) >= 11 is 0. The van der Waals surface area contributed by atoms with Gasteiger partial charge >= 0.3 is 0 Å². The molecule has 0 saturated heterocycles. The molecular formula is C28H37F3. The summed E-state index contributed by atoms with van der Waals surface area (Å²) in [5.74, 6) is -0.345. The van der Waals surface area contributed by atoms with Crippen LogP contribution < -0.4 is 0 Å². The first-order chi connectivity index (χ1) is 15.0. The van der Waals surface area contributed by atoms with Gasteiger partial charge in [0, 0.05) is 5.39 Å². The van der Waals surface area contributed by atoms with Crippen LogP contribution in [0.2, 0.25) is 0 Å². The van der Waals surface area contributed by atoms with Gasteiger partial charge in [0.15, 0.2) is 17.5 Å². The largest absolute Gasteiger partial charge is 0.204 e. The van der Waals surface area contributed by atoms with Crippen LogP contribution in [0.4, 0.5) is 13.2 Å². The predicted molar refractivity (Wildman–Crippen MR) is 123 cm³/mol. The van der Waals surface area contributed by atoms with Crippen LogP contribution in [0.25, 0.3) is 10.8 Å². The Kier molecular flexibility index (Phi) is 7.61. The van der Waals surface area contributed by atoms with Crippen LogP contribution in [0, 0.1) is 35.2 Å². The first kappa shape index (κ1) is 22.7. The van der Waals surface area contributed by atoms with E-state index in [1.54, 1.807) is 6.07 Å². The molecule has 2 fully saturated rings. The molecule has 0 bridgehead atoms. The van der Waals surface area contributed by atoms with Gasteiger partial charge in [-0.3, -0.25) is 0 Å². The Morgan fingerprint density at radius 1 is 0.710 bits per heavy atom. The maximum atomic E-state index is 14.0. The molecular weight excluding hydrogens is 393 g/mol. The first-order valence-electron chi connectivity index (χ1n) is 12.6. The molecule has 2 saturated carbocycles. The monoisotopic (exact) mass is 430 g/mol. The highest BCUT2D eigenvalue weighted by atomic mass is 19.2. The predicted octanol–water partition coefficient (Wildman–Crippen LogP) is 9.31. The van der Waals surface area contributed by atoms with Gasteiger partial charge in [-0.1, -0.05) is 82.9 Å². The summed E-state index contributed by atoms with van der Waals surface area (Å²) in [4.78, 5) is 0. The summed E-state index contributed by atoms with van der Waals surface area (Å²) in [5, 5.41) is 0.631. The fourth-order valence-corrected chi connectivity index (χ4v) is 6.13. The molecule has 170 valence electrons. The van der Waals surface area contributed by atoms with Gasteiger partial charge in [-0.05, 0) is 66.4 Å². The molecule has 0 spiro atoms. The van der Waals surface area contributed by atoms with Crippen molar-refractivity contribution in [3.63, 3.8) is 0 Å². The lowest BCUT2D eigenvalue weighted by Gasteiger charge is -2.32. The molecule has 0 heterocycles. The second-order valence-corrected chi connectivity index (χ2v) is 10.3. The van der Waals surface area contributed by atoms with Crippen molar-refractivity contribution >= 4 is 10.8 Å². The number of halogens is 3. The number of fused-ring (bicyclic) bond motifs is 1. The molecule has 2 aliphatic carbocycles. The quantitative estimate of drug-likeness (QED) is 0.384. The lowest BCUT2D eigenvalue weighted by atomic mass is 9.74. The molecule has 2 aromatic rings. The van der Waals surface area contributed by atoms with E-state index in [1.165, 1.54) is 70.6 Å². The Hall–Kier alpha value is -1.51. The Morgan fingerprint density at radius 3 is 1.90 bits per heavy atom. The van der Waals surface area contributed by atoms with Crippen LogP contribution in [0.3, 0.4) is 0 Å². The van der Waals surface area contributed by atoms with Crippen molar-refractivity contribution in [1.29, 1.82) is 0 Å². The minimum Gasteiger partial charge on any atom is -0.204 e. The molecule has 31 heavy (non-hydrogen) atoms. The Balaban J connectivity index is 1.25. The van der Waals surface area contributed by atoms with Crippen molar-refractivity contribution < 1.29 is 13.2 Å². The van der Waals surface area contributed by atoms with Gasteiger partial charge in [0.2, 0.25) is 0 Å². The number of hydrogen-bond acceptors (Lipinski definition) is 0. The SMILES string of the molecule is CCCC[C@H]1CC[C@H](CCC2CCC(c3ccc4c(F)c(F)c(F)cc4c3)CC2)CC1. The summed E-state index contributed by atoms with van der Waals surface area (Å²) in [6.45, 7) is 2.29. The molecule has 2 aromatic carbocycles. The Labute approximate surface area is 185 Å². The van der Waals surface area contributed by atoms with E-state index in [0.29, 0.717) is 11.3 Å². The average Bonchev–Trinajstić information content (AvgIpc) is 2.80. The Bertz CT molecular complexity index is 858. The van der Waals surface area contributed by atoms with E-state index < -0.39 is 17.5 Å². The topological polar surface area (TPSA) is 0 Å². The van der Waals surface area contributed by atoms with Crippen molar-refractivity contribution in [3.05, 3.63) is 47.3 Å². The van der Waals surface area contributed by atoms with Crippen molar-refractivity contribution in [1.82, 2.24) is 0 Å². The van der Waals surface area contributed by atoms with Gasteiger partial charge in [-0.15, -0.1) is 0 Å². The van der Waals surface area contributed by atoms with Crippen LogP contribution in [0.15, 0.2) is 24.3 Å². The van der Waals surface area contributed by atoms with E-state index in [1.807, 2.05) is 12.1 Å². The minimum absolute atomic E-state index is 0.167. The van der Waals surface area contributed by atoms with Crippen molar-refractivity contribution in [2.24, 2.45) is 17.8 Å². The van der Waals surface area contributed by atoms with Crippen LogP contribution >= 0.6 is 0 Å². The van der Waals surface area contributed by atoms with E-state index >= 15 is 0 Å². The molecule has 3 heteroatoms. The zero-order chi connectivity index (χ0) is 21.8. The summed E-state index contributed by atoms with van der Waals surface area (Å²) in [7, 11) is 0. The van der Waals surface area contributed by atoms with Crippen LogP contribution in [0.5, 0.6) is 0 Å². The normalized spacial score (nSPS) is 27.0. The standard InChI is InChI=1S/C28H37F3/c1-2-3-4-19-5-7-20(8-6-19)9-10-21-11-13-22(14-12-21)23-15-16-25-24(17-23)18-26(29)28(31)27(25)30/h15-22H,2-14H2,1H3/t19-,20-,21?,22?.